The number of methoxy groups -OCH3 is 1. The Kier molecular flexibility index (Phi) is 4.85. The number of nitrogens with zero attached hydrogens (tertiary/aromatic N) is 1. The molecule has 0 saturated heterocycles. The van der Waals surface area contributed by atoms with E-state index in [1.165, 1.54) is 0 Å². The third-order valence-corrected chi connectivity index (χ3v) is 3.71. The highest BCUT2D eigenvalue weighted by molar-refractivity contribution is 6.36. The standard InChI is InChI=1S/C16H11Cl2NO2/c1-21-11-7-5-10(6-8-11)16(20)12(9-19)15-13(17)3-2-4-14(15)18/h2-8,12H,1H3. The van der Waals surface area contributed by atoms with Gasteiger partial charge in [-0.3, -0.25) is 4.79 Å². The lowest BCUT2D eigenvalue weighted by molar-refractivity contribution is 0.0979. The van der Waals surface area contributed by atoms with Crippen molar-refractivity contribution in [3.8, 4) is 11.8 Å². The zero-order chi connectivity index (χ0) is 15.4. The first-order chi connectivity index (χ1) is 10.1. The summed E-state index contributed by atoms with van der Waals surface area (Å²) in [6, 6.07) is 13.4. The summed E-state index contributed by atoms with van der Waals surface area (Å²) in [6.45, 7) is 0. The van der Waals surface area contributed by atoms with Crippen molar-refractivity contribution in [3.05, 3.63) is 63.6 Å². The molecular weight excluding hydrogens is 309 g/mol. The molecule has 2 aromatic carbocycles. The summed E-state index contributed by atoms with van der Waals surface area (Å²) in [7, 11) is 1.54. The molecule has 1 unspecified atom stereocenters. The molecule has 2 aromatic rings. The van der Waals surface area contributed by atoms with Gasteiger partial charge in [-0.25, -0.2) is 0 Å². The number of nitriles is 1. The third kappa shape index (κ3) is 3.18. The second-order valence-corrected chi connectivity index (χ2v) is 5.10. The van der Waals surface area contributed by atoms with E-state index < -0.39 is 5.92 Å². The molecule has 0 bridgehead atoms. The minimum absolute atomic E-state index is 0.302. The fourth-order valence-corrected chi connectivity index (χ4v) is 2.58. The van der Waals surface area contributed by atoms with Crippen LogP contribution in [0.4, 0.5) is 0 Å². The third-order valence-electron chi connectivity index (χ3n) is 3.05. The Hall–Kier alpha value is -2.02. The highest BCUT2D eigenvalue weighted by atomic mass is 35.5. The fraction of sp³-hybridized carbons (Fsp3) is 0.125. The van der Waals surface area contributed by atoms with Crippen molar-refractivity contribution in [3.63, 3.8) is 0 Å². The van der Waals surface area contributed by atoms with E-state index in [1.807, 2.05) is 6.07 Å². The SMILES string of the molecule is COc1ccc(C(=O)C(C#N)c2c(Cl)cccc2Cl)cc1. The minimum Gasteiger partial charge on any atom is -0.497 e. The Bertz CT molecular complexity index is 685. The average Bonchev–Trinajstić information content (AvgIpc) is 2.50. The van der Waals surface area contributed by atoms with E-state index in [0.29, 0.717) is 26.9 Å². The molecule has 0 N–H and O–H groups in total. The molecular formula is C16H11Cl2NO2. The van der Waals surface area contributed by atoms with Crippen LogP contribution in [-0.2, 0) is 0 Å². The van der Waals surface area contributed by atoms with Crippen molar-refractivity contribution in [1.29, 1.82) is 5.26 Å². The molecule has 0 aliphatic rings. The largest absolute Gasteiger partial charge is 0.497 e. The van der Waals surface area contributed by atoms with Crippen LogP contribution in [0.15, 0.2) is 42.5 Å². The Morgan fingerprint density at radius 3 is 2.19 bits per heavy atom. The lowest BCUT2D eigenvalue weighted by atomic mass is 9.91. The highest BCUT2D eigenvalue weighted by Gasteiger charge is 2.26. The zero-order valence-electron chi connectivity index (χ0n) is 11.1. The van der Waals surface area contributed by atoms with E-state index >= 15 is 0 Å². The Morgan fingerprint density at radius 1 is 1.14 bits per heavy atom. The van der Waals surface area contributed by atoms with Crippen LogP contribution in [-0.4, -0.2) is 12.9 Å². The molecule has 1 atom stereocenters. The van der Waals surface area contributed by atoms with E-state index in [0.717, 1.165) is 0 Å². The number of ketones is 1. The first-order valence-corrected chi connectivity index (χ1v) is 6.86. The normalized spacial score (nSPS) is 11.5. The number of carbonyl (C=O) groups excluding carboxylic acids is 1. The molecule has 3 nitrogen and oxygen atoms in total. The number of hydrogen-bond acceptors (Lipinski definition) is 3. The van der Waals surface area contributed by atoms with E-state index in [-0.39, 0.29) is 5.78 Å². The highest BCUT2D eigenvalue weighted by Crippen LogP contribution is 2.33. The molecule has 106 valence electrons. The van der Waals surface area contributed by atoms with Gasteiger partial charge < -0.3 is 4.74 Å². The molecule has 21 heavy (non-hydrogen) atoms. The first-order valence-electron chi connectivity index (χ1n) is 6.10. The first kappa shape index (κ1) is 15.4. The summed E-state index contributed by atoms with van der Waals surface area (Å²) >= 11 is 12.1. The molecule has 0 saturated carbocycles. The summed E-state index contributed by atoms with van der Waals surface area (Å²) in [6.07, 6.45) is 0. The number of benzene rings is 2. The van der Waals surface area contributed by atoms with Gasteiger partial charge in [-0.1, -0.05) is 29.3 Å². The maximum atomic E-state index is 12.5. The molecule has 0 amide bonds. The lowest BCUT2D eigenvalue weighted by Gasteiger charge is -2.12. The van der Waals surface area contributed by atoms with Crippen molar-refractivity contribution in [2.24, 2.45) is 0 Å². The van der Waals surface area contributed by atoms with Crippen molar-refractivity contribution >= 4 is 29.0 Å². The Morgan fingerprint density at radius 2 is 1.71 bits per heavy atom. The number of hydrogen-bond donors (Lipinski definition) is 0. The van der Waals surface area contributed by atoms with Crippen LogP contribution in [0.2, 0.25) is 10.0 Å². The summed E-state index contributed by atoms with van der Waals surface area (Å²) < 4.78 is 5.04. The van der Waals surface area contributed by atoms with E-state index in [4.69, 9.17) is 27.9 Å². The van der Waals surface area contributed by atoms with Gasteiger partial charge in [-0.05, 0) is 36.4 Å². The van der Waals surface area contributed by atoms with Gasteiger partial charge in [0.15, 0.2) is 5.78 Å². The van der Waals surface area contributed by atoms with Crippen LogP contribution in [0.3, 0.4) is 0 Å². The van der Waals surface area contributed by atoms with Gasteiger partial charge in [0.2, 0.25) is 0 Å². The van der Waals surface area contributed by atoms with Crippen LogP contribution in [0.5, 0.6) is 5.75 Å². The molecule has 2 rings (SSSR count). The summed E-state index contributed by atoms with van der Waals surface area (Å²) in [5, 5.41) is 9.95. The van der Waals surface area contributed by atoms with Crippen LogP contribution >= 0.6 is 23.2 Å². The van der Waals surface area contributed by atoms with Gasteiger partial charge in [0.1, 0.15) is 11.7 Å². The molecule has 0 aliphatic heterocycles. The molecule has 0 aromatic heterocycles. The molecule has 0 spiro atoms. The van der Waals surface area contributed by atoms with Crippen LogP contribution in [0.1, 0.15) is 21.8 Å². The van der Waals surface area contributed by atoms with Gasteiger partial charge in [-0.2, -0.15) is 5.26 Å². The molecule has 0 fully saturated rings. The fourth-order valence-electron chi connectivity index (χ4n) is 1.96. The zero-order valence-corrected chi connectivity index (χ0v) is 12.7. The summed E-state index contributed by atoms with van der Waals surface area (Å²) in [5.41, 5.74) is 0.738. The van der Waals surface area contributed by atoms with Gasteiger partial charge in [0.25, 0.3) is 0 Å². The minimum atomic E-state index is -1.04. The maximum Gasteiger partial charge on any atom is 0.184 e. The van der Waals surface area contributed by atoms with Gasteiger partial charge in [0, 0.05) is 21.2 Å². The Balaban J connectivity index is 2.41. The maximum absolute atomic E-state index is 12.5. The summed E-state index contributed by atoms with van der Waals surface area (Å²) in [5.74, 6) is -0.759. The Labute approximate surface area is 132 Å². The quantitative estimate of drug-likeness (QED) is 0.780. The van der Waals surface area contributed by atoms with E-state index in [9.17, 15) is 10.1 Å². The topological polar surface area (TPSA) is 50.1 Å². The number of halogens is 2. The number of ether oxygens (including phenoxy) is 1. The second kappa shape index (κ2) is 6.62. The molecule has 0 radical (unpaired) electrons. The van der Waals surface area contributed by atoms with Crippen LogP contribution < -0.4 is 4.74 Å². The second-order valence-electron chi connectivity index (χ2n) is 4.29. The lowest BCUT2D eigenvalue weighted by Crippen LogP contribution is -2.12. The van der Waals surface area contributed by atoms with Crippen molar-refractivity contribution in [2.45, 2.75) is 5.92 Å². The number of Topliss-reactive ketones (excluding diaryl/α,β-unsaturated/α-hetero) is 1. The van der Waals surface area contributed by atoms with Crippen molar-refractivity contribution < 1.29 is 9.53 Å². The van der Waals surface area contributed by atoms with E-state index in [2.05, 4.69) is 0 Å². The van der Waals surface area contributed by atoms with E-state index in [1.54, 1.807) is 49.6 Å². The van der Waals surface area contributed by atoms with Gasteiger partial charge in [0.05, 0.1) is 13.2 Å². The predicted octanol–water partition coefficient (Wildman–Crippen LogP) is 4.49. The monoisotopic (exact) mass is 319 g/mol. The average molecular weight is 320 g/mol. The molecule has 0 heterocycles. The summed E-state index contributed by atoms with van der Waals surface area (Å²) in [4.78, 5) is 12.5. The number of carbonyl (C=O) groups is 1. The smallest absolute Gasteiger partial charge is 0.184 e. The van der Waals surface area contributed by atoms with Crippen molar-refractivity contribution in [1.82, 2.24) is 0 Å². The molecule has 5 heteroatoms. The van der Waals surface area contributed by atoms with Crippen LogP contribution in [0.25, 0.3) is 0 Å². The predicted molar refractivity (Wildman–Crippen MR) is 82.1 cm³/mol. The molecule has 0 aliphatic carbocycles. The van der Waals surface area contributed by atoms with Gasteiger partial charge >= 0.3 is 0 Å². The number of rotatable bonds is 4. The van der Waals surface area contributed by atoms with Crippen molar-refractivity contribution in [2.75, 3.05) is 7.11 Å². The van der Waals surface area contributed by atoms with Crippen LogP contribution in [0, 0.1) is 11.3 Å². The van der Waals surface area contributed by atoms with Gasteiger partial charge in [-0.15, -0.1) is 0 Å².